The van der Waals surface area contributed by atoms with Gasteiger partial charge in [-0.3, -0.25) is 9.59 Å². The van der Waals surface area contributed by atoms with E-state index in [0.717, 1.165) is 19.4 Å². The largest absolute Gasteiger partial charge is 0.383 e. The van der Waals surface area contributed by atoms with Gasteiger partial charge in [-0.1, -0.05) is 6.92 Å². The number of ether oxygens (including phenoxy) is 1. The zero-order valence-corrected chi connectivity index (χ0v) is 11.8. The van der Waals surface area contributed by atoms with Crippen LogP contribution in [0.3, 0.4) is 0 Å². The number of methoxy groups -OCH3 is 1. The first kappa shape index (κ1) is 15.9. The molecule has 1 heterocycles. The molecule has 1 aliphatic heterocycles. The summed E-state index contributed by atoms with van der Waals surface area (Å²) in [7, 11) is 1.59. The van der Waals surface area contributed by atoms with Gasteiger partial charge in [0, 0.05) is 26.6 Å². The van der Waals surface area contributed by atoms with E-state index in [1.807, 2.05) is 0 Å². The maximum Gasteiger partial charge on any atom is 0.237 e. The van der Waals surface area contributed by atoms with Crippen molar-refractivity contribution in [2.45, 2.75) is 32.2 Å². The van der Waals surface area contributed by atoms with Crippen LogP contribution in [-0.2, 0) is 14.3 Å². The number of nitrogens with one attached hydrogen (secondary N) is 3. The topological polar surface area (TPSA) is 79.5 Å². The molecule has 6 nitrogen and oxygen atoms in total. The summed E-state index contributed by atoms with van der Waals surface area (Å²) in [5.74, 6) is 0.281. The molecule has 3 N–H and O–H groups in total. The van der Waals surface area contributed by atoms with Crippen LogP contribution >= 0.6 is 0 Å². The lowest BCUT2D eigenvalue weighted by Crippen LogP contribution is -2.51. The molecule has 0 aromatic rings. The average molecular weight is 271 g/mol. The zero-order valence-electron chi connectivity index (χ0n) is 11.8. The fourth-order valence-corrected chi connectivity index (χ4v) is 2.19. The van der Waals surface area contributed by atoms with Gasteiger partial charge in [-0.25, -0.2) is 0 Å². The molecule has 0 spiro atoms. The lowest BCUT2D eigenvalue weighted by atomic mass is 9.92. The van der Waals surface area contributed by atoms with E-state index in [4.69, 9.17) is 4.74 Å². The Balaban J connectivity index is 2.14. The van der Waals surface area contributed by atoms with Gasteiger partial charge in [0.25, 0.3) is 0 Å². The highest BCUT2D eigenvalue weighted by Gasteiger charge is 2.26. The van der Waals surface area contributed by atoms with Crippen LogP contribution in [0.5, 0.6) is 0 Å². The van der Waals surface area contributed by atoms with Crippen molar-refractivity contribution in [1.82, 2.24) is 16.0 Å². The quantitative estimate of drug-likeness (QED) is 0.553. The molecular formula is C13H25N3O3. The fraction of sp³-hybridized carbons (Fsp3) is 0.846. The Kier molecular flexibility index (Phi) is 7.43. The molecular weight excluding hydrogens is 246 g/mol. The predicted octanol–water partition coefficient (Wildman–Crippen LogP) is -0.357. The molecule has 0 aromatic carbocycles. The molecule has 6 heteroatoms. The van der Waals surface area contributed by atoms with Gasteiger partial charge in [0.05, 0.1) is 12.6 Å². The minimum atomic E-state index is -0.120. The number of carbonyl (C=O) groups is 2. The van der Waals surface area contributed by atoms with Crippen LogP contribution in [0.15, 0.2) is 0 Å². The number of amides is 2. The molecule has 2 unspecified atom stereocenters. The summed E-state index contributed by atoms with van der Waals surface area (Å²) in [6.07, 6.45) is 2.49. The molecule has 1 fully saturated rings. The van der Waals surface area contributed by atoms with Crippen molar-refractivity contribution in [3.05, 3.63) is 0 Å². The maximum absolute atomic E-state index is 11.9. The molecule has 2 amide bonds. The summed E-state index contributed by atoms with van der Waals surface area (Å²) < 4.78 is 4.83. The molecule has 0 saturated carbocycles. The molecule has 19 heavy (non-hydrogen) atoms. The Morgan fingerprint density at radius 1 is 1.32 bits per heavy atom. The first-order valence-corrected chi connectivity index (χ1v) is 6.92. The average Bonchev–Trinajstić information content (AvgIpc) is 2.39. The lowest BCUT2D eigenvalue weighted by Gasteiger charge is -2.28. The Labute approximate surface area is 114 Å². The Morgan fingerprint density at radius 2 is 2.11 bits per heavy atom. The molecule has 0 bridgehead atoms. The summed E-state index contributed by atoms with van der Waals surface area (Å²) >= 11 is 0. The highest BCUT2D eigenvalue weighted by Crippen LogP contribution is 2.15. The van der Waals surface area contributed by atoms with Crippen molar-refractivity contribution in [2.24, 2.45) is 5.92 Å². The summed E-state index contributed by atoms with van der Waals surface area (Å²) in [4.78, 5) is 23.3. The third-order valence-corrected chi connectivity index (χ3v) is 3.33. The summed E-state index contributed by atoms with van der Waals surface area (Å²) in [6, 6.07) is -0.120. The van der Waals surface area contributed by atoms with Crippen LogP contribution in [0.4, 0.5) is 0 Å². The second-order valence-electron chi connectivity index (χ2n) is 4.94. The van der Waals surface area contributed by atoms with Gasteiger partial charge < -0.3 is 20.7 Å². The number of piperidine rings is 1. The SMILES string of the molecule is COCCNC(=O)CCNC(=O)C1NCCCC1C. The zero-order chi connectivity index (χ0) is 14.1. The van der Waals surface area contributed by atoms with E-state index >= 15 is 0 Å². The van der Waals surface area contributed by atoms with Crippen molar-refractivity contribution in [3.8, 4) is 0 Å². The highest BCUT2D eigenvalue weighted by atomic mass is 16.5. The number of rotatable bonds is 7. The Morgan fingerprint density at radius 3 is 2.79 bits per heavy atom. The summed E-state index contributed by atoms with van der Waals surface area (Å²) in [6.45, 7) is 4.35. The van der Waals surface area contributed by atoms with Crippen LogP contribution in [0.2, 0.25) is 0 Å². The van der Waals surface area contributed by atoms with E-state index in [1.54, 1.807) is 7.11 Å². The van der Waals surface area contributed by atoms with Crippen LogP contribution in [0, 0.1) is 5.92 Å². The first-order chi connectivity index (χ1) is 9.15. The van der Waals surface area contributed by atoms with Crippen molar-refractivity contribution >= 4 is 11.8 Å². The third kappa shape index (κ3) is 6.02. The summed E-state index contributed by atoms with van der Waals surface area (Å²) in [5.41, 5.74) is 0. The first-order valence-electron chi connectivity index (χ1n) is 6.92. The standard InChI is InChI=1S/C13H25N3O3/c1-10-4-3-6-15-12(10)13(18)16-7-5-11(17)14-8-9-19-2/h10,12,15H,3-9H2,1-2H3,(H,14,17)(H,16,18). The van der Waals surface area contributed by atoms with Crippen LogP contribution in [-0.4, -0.2) is 51.2 Å². The van der Waals surface area contributed by atoms with Crippen molar-refractivity contribution in [2.75, 3.05) is 33.4 Å². The second kappa shape index (κ2) is 8.87. The Hall–Kier alpha value is -1.14. The fourth-order valence-electron chi connectivity index (χ4n) is 2.19. The third-order valence-electron chi connectivity index (χ3n) is 3.33. The smallest absolute Gasteiger partial charge is 0.237 e. The monoisotopic (exact) mass is 271 g/mol. The predicted molar refractivity (Wildman–Crippen MR) is 72.7 cm³/mol. The minimum Gasteiger partial charge on any atom is -0.383 e. The molecule has 110 valence electrons. The molecule has 0 aliphatic carbocycles. The van der Waals surface area contributed by atoms with Crippen molar-refractivity contribution in [3.63, 3.8) is 0 Å². The molecule has 2 atom stereocenters. The van der Waals surface area contributed by atoms with E-state index in [1.165, 1.54) is 0 Å². The summed E-state index contributed by atoms with van der Waals surface area (Å²) in [5, 5.41) is 8.74. The van der Waals surface area contributed by atoms with Gasteiger partial charge in [-0.15, -0.1) is 0 Å². The van der Waals surface area contributed by atoms with Gasteiger partial charge >= 0.3 is 0 Å². The van der Waals surface area contributed by atoms with Crippen molar-refractivity contribution < 1.29 is 14.3 Å². The molecule has 0 aromatic heterocycles. The number of hydrogen-bond acceptors (Lipinski definition) is 4. The normalized spacial score (nSPS) is 22.8. The molecule has 0 radical (unpaired) electrons. The van der Waals surface area contributed by atoms with E-state index < -0.39 is 0 Å². The van der Waals surface area contributed by atoms with Gasteiger partial charge in [-0.2, -0.15) is 0 Å². The molecule has 1 rings (SSSR count). The number of carbonyl (C=O) groups excluding carboxylic acids is 2. The minimum absolute atomic E-state index is 0.00288. The van der Waals surface area contributed by atoms with Gasteiger partial charge in [-0.05, 0) is 25.3 Å². The van der Waals surface area contributed by atoms with Crippen LogP contribution in [0.1, 0.15) is 26.2 Å². The molecule has 1 aliphatic rings. The lowest BCUT2D eigenvalue weighted by molar-refractivity contribution is -0.125. The van der Waals surface area contributed by atoms with E-state index in [2.05, 4.69) is 22.9 Å². The van der Waals surface area contributed by atoms with Crippen molar-refractivity contribution in [1.29, 1.82) is 0 Å². The molecule has 1 saturated heterocycles. The van der Waals surface area contributed by atoms with Crippen LogP contribution in [0.25, 0.3) is 0 Å². The van der Waals surface area contributed by atoms with Gasteiger partial charge in [0.2, 0.25) is 11.8 Å². The van der Waals surface area contributed by atoms with E-state index in [9.17, 15) is 9.59 Å². The Bertz CT molecular complexity index is 297. The highest BCUT2D eigenvalue weighted by molar-refractivity contribution is 5.83. The van der Waals surface area contributed by atoms with E-state index in [0.29, 0.717) is 32.0 Å². The van der Waals surface area contributed by atoms with Gasteiger partial charge in [0.15, 0.2) is 0 Å². The van der Waals surface area contributed by atoms with Gasteiger partial charge in [0.1, 0.15) is 0 Å². The van der Waals surface area contributed by atoms with E-state index in [-0.39, 0.29) is 17.9 Å². The van der Waals surface area contributed by atoms with Crippen LogP contribution < -0.4 is 16.0 Å². The second-order valence-corrected chi connectivity index (χ2v) is 4.94. The maximum atomic E-state index is 11.9. The number of hydrogen-bond donors (Lipinski definition) is 3.